The number of hydrogen-bond acceptors (Lipinski definition) is 3. The molecule has 0 bridgehead atoms. The van der Waals surface area contributed by atoms with E-state index in [4.69, 9.17) is 21.1 Å². The van der Waals surface area contributed by atoms with Crippen molar-refractivity contribution in [1.29, 1.82) is 0 Å². The summed E-state index contributed by atoms with van der Waals surface area (Å²) >= 11 is 6.10. The van der Waals surface area contributed by atoms with Gasteiger partial charge in [0.15, 0.2) is 0 Å². The third kappa shape index (κ3) is 4.10. The molecular formula is C17H15ClO3. The lowest BCUT2D eigenvalue weighted by Gasteiger charge is -2.11. The number of carbonyl (C=O) groups excluding carboxylic acids is 1. The van der Waals surface area contributed by atoms with Gasteiger partial charge in [0.25, 0.3) is 0 Å². The molecule has 0 N–H and O–H groups in total. The van der Waals surface area contributed by atoms with Crippen LogP contribution >= 0.6 is 11.6 Å². The molecule has 0 unspecified atom stereocenters. The molecule has 3 nitrogen and oxygen atoms in total. The Bertz CT molecular complexity index is 650. The Morgan fingerprint density at radius 2 is 2.00 bits per heavy atom. The number of rotatable bonds is 6. The van der Waals surface area contributed by atoms with E-state index in [1.807, 2.05) is 30.3 Å². The van der Waals surface area contributed by atoms with Gasteiger partial charge in [-0.2, -0.15) is 0 Å². The van der Waals surface area contributed by atoms with Gasteiger partial charge >= 0.3 is 0 Å². The molecule has 0 aliphatic carbocycles. The van der Waals surface area contributed by atoms with Gasteiger partial charge in [-0.05, 0) is 36.4 Å². The molecule has 0 saturated heterocycles. The van der Waals surface area contributed by atoms with Gasteiger partial charge in [0.05, 0.1) is 7.11 Å². The van der Waals surface area contributed by atoms with Crippen LogP contribution in [0.2, 0.25) is 5.02 Å². The smallest absolute Gasteiger partial charge is 0.142 e. The van der Waals surface area contributed by atoms with Crippen molar-refractivity contribution in [3.8, 4) is 11.5 Å². The van der Waals surface area contributed by atoms with Crippen LogP contribution in [0.5, 0.6) is 11.5 Å². The Kier molecular flexibility index (Phi) is 5.41. The zero-order valence-electron chi connectivity index (χ0n) is 11.6. The van der Waals surface area contributed by atoms with Crippen LogP contribution in [-0.4, -0.2) is 13.4 Å². The van der Waals surface area contributed by atoms with Crippen LogP contribution in [0.3, 0.4) is 0 Å². The van der Waals surface area contributed by atoms with E-state index in [0.29, 0.717) is 23.1 Å². The first-order chi connectivity index (χ1) is 10.2. The van der Waals surface area contributed by atoms with Crippen LogP contribution in [0.1, 0.15) is 11.1 Å². The van der Waals surface area contributed by atoms with E-state index < -0.39 is 0 Å². The maximum atomic E-state index is 10.5. The molecule has 0 aliphatic heterocycles. The van der Waals surface area contributed by atoms with E-state index in [9.17, 15) is 4.79 Å². The van der Waals surface area contributed by atoms with Gasteiger partial charge in [-0.3, -0.25) is 4.79 Å². The SMILES string of the molecule is COc1ccc(OCc2ccccc2Cl)c(/C=C/C=O)c1. The van der Waals surface area contributed by atoms with Crippen molar-refractivity contribution in [2.75, 3.05) is 7.11 Å². The molecule has 0 spiro atoms. The number of halogens is 1. The van der Waals surface area contributed by atoms with Gasteiger partial charge in [0, 0.05) is 16.1 Å². The maximum absolute atomic E-state index is 10.5. The quantitative estimate of drug-likeness (QED) is 0.594. The molecule has 0 fully saturated rings. The normalized spacial score (nSPS) is 10.6. The van der Waals surface area contributed by atoms with Crippen LogP contribution in [0, 0.1) is 0 Å². The van der Waals surface area contributed by atoms with E-state index in [0.717, 1.165) is 17.4 Å². The highest BCUT2D eigenvalue weighted by Gasteiger charge is 2.05. The summed E-state index contributed by atoms with van der Waals surface area (Å²) in [4.78, 5) is 10.5. The predicted molar refractivity (Wildman–Crippen MR) is 83.9 cm³/mol. The highest BCUT2D eigenvalue weighted by Crippen LogP contribution is 2.27. The van der Waals surface area contributed by atoms with Gasteiger partial charge < -0.3 is 9.47 Å². The minimum absolute atomic E-state index is 0.355. The summed E-state index contributed by atoms with van der Waals surface area (Å²) < 4.78 is 11.0. The van der Waals surface area contributed by atoms with E-state index in [2.05, 4.69) is 0 Å². The van der Waals surface area contributed by atoms with Crippen molar-refractivity contribution in [3.05, 3.63) is 64.7 Å². The number of carbonyl (C=O) groups is 1. The second kappa shape index (κ2) is 7.50. The monoisotopic (exact) mass is 302 g/mol. The zero-order valence-corrected chi connectivity index (χ0v) is 12.3. The number of benzene rings is 2. The summed E-state index contributed by atoms with van der Waals surface area (Å²) in [5.74, 6) is 1.36. The summed E-state index contributed by atoms with van der Waals surface area (Å²) in [7, 11) is 1.59. The molecule has 0 atom stereocenters. The second-order valence-electron chi connectivity index (χ2n) is 4.28. The average molecular weight is 303 g/mol. The van der Waals surface area contributed by atoms with Crippen molar-refractivity contribution in [3.63, 3.8) is 0 Å². The lowest BCUT2D eigenvalue weighted by atomic mass is 10.1. The first-order valence-corrected chi connectivity index (χ1v) is 6.78. The van der Waals surface area contributed by atoms with Crippen molar-refractivity contribution in [2.45, 2.75) is 6.61 Å². The Labute approximate surface area is 128 Å². The van der Waals surface area contributed by atoms with E-state index in [-0.39, 0.29) is 0 Å². The maximum Gasteiger partial charge on any atom is 0.142 e. The van der Waals surface area contributed by atoms with Crippen LogP contribution in [0.4, 0.5) is 0 Å². The third-order valence-corrected chi connectivity index (χ3v) is 3.28. The molecule has 0 saturated carbocycles. The fourth-order valence-corrected chi connectivity index (χ4v) is 2.02. The molecule has 2 rings (SSSR count). The van der Waals surface area contributed by atoms with Crippen molar-refractivity contribution < 1.29 is 14.3 Å². The van der Waals surface area contributed by atoms with Gasteiger partial charge in [-0.1, -0.05) is 29.8 Å². The lowest BCUT2D eigenvalue weighted by Crippen LogP contribution is -1.98. The minimum Gasteiger partial charge on any atom is -0.497 e. The van der Waals surface area contributed by atoms with Crippen LogP contribution in [0.25, 0.3) is 6.08 Å². The number of ether oxygens (including phenoxy) is 2. The molecule has 0 aliphatic rings. The van der Waals surface area contributed by atoms with Gasteiger partial charge in [0.2, 0.25) is 0 Å². The molecule has 2 aromatic rings. The topological polar surface area (TPSA) is 35.5 Å². The number of methoxy groups -OCH3 is 1. The van der Waals surface area contributed by atoms with Gasteiger partial charge in [0.1, 0.15) is 24.4 Å². The fourth-order valence-electron chi connectivity index (χ4n) is 1.83. The highest BCUT2D eigenvalue weighted by molar-refractivity contribution is 6.31. The van der Waals surface area contributed by atoms with Crippen LogP contribution < -0.4 is 9.47 Å². The summed E-state index contributed by atoms with van der Waals surface area (Å²) in [5.41, 5.74) is 1.67. The number of allylic oxidation sites excluding steroid dienone is 1. The summed E-state index contributed by atoms with van der Waals surface area (Å²) in [6.45, 7) is 0.355. The standard InChI is InChI=1S/C17H15ClO3/c1-20-15-8-9-17(13(11-15)6-4-10-19)21-12-14-5-2-3-7-16(14)18/h2-11H,12H2,1H3/b6-4+. The van der Waals surface area contributed by atoms with Crippen LogP contribution in [0.15, 0.2) is 48.5 Å². The molecule has 4 heteroatoms. The molecule has 108 valence electrons. The van der Waals surface area contributed by atoms with E-state index in [1.54, 1.807) is 25.3 Å². The zero-order chi connectivity index (χ0) is 15.1. The Morgan fingerprint density at radius 1 is 1.19 bits per heavy atom. The summed E-state index contributed by atoms with van der Waals surface area (Å²) in [6, 6.07) is 12.9. The van der Waals surface area contributed by atoms with Gasteiger partial charge in [-0.25, -0.2) is 0 Å². The van der Waals surface area contributed by atoms with Crippen molar-refractivity contribution >= 4 is 24.0 Å². The molecule has 0 heterocycles. The molecule has 0 aromatic heterocycles. The van der Waals surface area contributed by atoms with Crippen LogP contribution in [-0.2, 0) is 11.4 Å². The second-order valence-corrected chi connectivity index (χ2v) is 4.69. The first kappa shape index (κ1) is 15.1. The molecule has 2 aromatic carbocycles. The minimum atomic E-state index is 0.355. The molecule has 0 radical (unpaired) electrons. The largest absolute Gasteiger partial charge is 0.497 e. The fraction of sp³-hybridized carbons (Fsp3) is 0.118. The first-order valence-electron chi connectivity index (χ1n) is 6.40. The van der Waals surface area contributed by atoms with E-state index >= 15 is 0 Å². The Hall–Kier alpha value is -2.26. The summed E-state index contributed by atoms with van der Waals surface area (Å²) in [5, 5.41) is 0.663. The number of hydrogen-bond donors (Lipinski definition) is 0. The Balaban J connectivity index is 2.20. The lowest BCUT2D eigenvalue weighted by molar-refractivity contribution is -0.104. The molecule has 21 heavy (non-hydrogen) atoms. The predicted octanol–water partition coefficient (Wildman–Crippen LogP) is 4.14. The van der Waals surface area contributed by atoms with Crippen molar-refractivity contribution in [2.24, 2.45) is 0 Å². The van der Waals surface area contributed by atoms with E-state index in [1.165, 1.54) is 6.08 Å². The average Bonchev–Trinajstić information content (AvgIpc) is 2.52. The third-order valence-electron chi connectivity index (χ3n) is 2.91. The molecular weight excluding hydrogens is 288 g/mol. The van der Waals surface area contributed by atoms with Gasteiger partial charge in [-0.15, -0.1) is 0 Å². The van der Waals surface area contributed by atoms with Crippen molar-refractivity contribution in [1.82, 2.24) is 0 Å². The highest BCUT2D eigenvalue weighted by atomic mass is 35.5. The summed E-state index contributed by atoms with van der Waals surface area (Å²) in [6.07, 6.45) is 3.81. The number of aldehydes is 1. The molecule has 0 amide bonds. The Morgan fingerprint density at radius 3 is 2.71 bits per heavy atom.